The third-order valence-corrected chi connectivity index (χ3v) is 4.66. The zero-order valence-electron chi connectivity index (χ0n) is 10.2. The summed E-state index contributed by atoms with van der Waals surface area (Å²) >= 11 is 7.26. The Labute approximate surface area is 119 Å². The minimum atomic E-state index is -1.27. The van der Waals surface area contributed by atoms with Crippen molar-refractivity contribution in [2.24, 2.45) is 0 Å². The van der Waals surface area contributed by atoms with Gasteiger partial charge in [0.1, 0.15) is 4.93 Å². The highest BCUT2D eigenvalue weighted by Crippen LogP contribution is 2.47. The van der Waals surface area contributed by atoms with Gasteiger partial charge in [-0.2, -0.15) is 0 Å². The molecule has 19 heavy (non-hydrogen) atoms. The van der Waals surface area contributed by atoms with E-state index in [4.69, 9.17) is 21.4 Å². The van der Waals surface area contributed by atoms with Crippen molar-refractivity contribution in [3.8, 4) is 0 Å². The zero-order valence-corrected chi connectivity index (χ0v) is 11.8. The van der Waals surface area contributed by atoms with Crippen LogP contribution in [0, 0.1) is 0 Å². The van der Waals surface area contributed by atoms with E-state index in [-0.39, 0.29) is 0 Å². The second-order valence-corrected chi connectivity index (χ2v) is 6.22. The first kappa shape index (κ1) is 14.5. The van der Waals surface area contributed by atoms with E-state index in [9.17, 15) is 9.90 Å². The standard InChI is InChI=1S/C12H14ClNO4S/c1-11(8-2-4-9(13)5-3-8)18-12(6-15,7-19-11)14-10(16)17/h2-5,14-15H,6-7H2,1H3,(H,16,17). The first-order chi connectivity index (χ1) is 8.89. The van der Waals surface area contributed by atoms with Crippen LogP contribution in [-0.4, -0.2) is 34.4 Å². The van der Waals surface area contributed by atoms with Gasteiger partial charge in [0.25, 0.3) is 0 Å². The maximum Gasteiger partial charge on any atom is 0.407 e. The maximum absolute atomic E-state index is 10.8. The van der Waals surface area contributed by atoms with Crippen molar-refractivity contribution in [3.05, 3.63) is 34.9 Å². The number of ether oxygens (including phenoxy) is 1. The Morgan fingerprint density at radius 1 is 1.53 bits per heavy atom. The summed E-state index contributed by atoms with van der Waals surface area (Å²) in [6.07, 6.45) is -1.23. The number of aliphatic hydroxyl groups excluding tert-OH is 1. The summed E-state index contributed by atoms with van der Waals surface area (Å²) in [6.45, 7) is 1.41. The zero-order chi connectivity index (χ0) is 14.1. The Morgan fingerprint density at radius 2 is 2.16 bits per heavy atom. The fraction of sp³-hybridized carbons (Fsp3) is 0.417. The summed E-state index contributed by atoms with van der Waals surface area (Å²) in [5, 5.41) is 21.1. The molecule has 0 saturated carbocycles. The Morgan fingerprint density at radius 3 is 2.68 bits per heavy atom. The molecule has 1 amide bonds. The van der Waals surface area contributed by atoms with E-state index < -0.39 is 23.4 Å². The van der Waals surface area contributed by atoms with E-state index in [2.05, 4.69) is 5.32 Å². The van der Waals surface area contributed by atoms with Gasteiger partial charge in [-0.25, -0.2) is 4.79 Å². The molecule has 1 aliphatic rings. The van der Waals surface area contributed by atoms with Crippen LogP contribution in [-0.2, 0) is 9.67 Å². The highest BCUT2D eigenvalue weighted by Gasteiger charge is 2.49. The molecule has 0 radical (unpaired) electrons. The van der Waals surface area contributed by atoms with Gasteiger partial charge in [-0.1, -0.05) is 23.7 Å². The number of hydrogen-bond acceptors (Lipinski definition) is 4. The number of rotatable bonds is 3. The third-order valence-electron chi connectivity index (χ3n) is 2.93. The highest BCUT2D eigenvalue weighted by atomic mass is 35.5. The number of nitrogens with one attached hydrogen (secondary N) is 1. The van der Waals surface area contributed by atoms with Crippen molar-refractivity contribution in [1.29, 1.82) is 0 Å². The summed E-state index contributed by atoms with van der Waals surface area (Å²) < 4.78 is 5.80. The summed E-state index contributed by atoms with van der Waals surface area (Å²) in [6, 6.07) is 7.14. The summed E-state index contributed by atoms with van der Waals surface area (Å²) in [5.41, 5.74) is -0.408. The number of aliphatic hydroxyl groups is 1. The van der Waals surface area contributed by atoms with Gasteiger partial charge in [-0.3, -0.25) is 5.32 Å². The molecular formula is C12H14ClNO4S. The molecule has 1 aromatic carbocycles. The van der Waals surface area contributed by atoms with Gasteiger partial charge in [0.15, 0.2) is 5.72 Å². The third kappa shape index (κ3) is 2.97. The van der Waals surface area contributed by atoms with Crippen molar-refractivity contribution in [1.82, 2.24) is 5.32 Å². The number of halogens is 1. The molecule has 1 aromatic rings. The van der Waals surface area contributed by atoms with Gasteiger partial charge in [0.2, 0.25) is 0 Å². The number of carbonyl (C=O) groups is 1. The molecule has 7 heteroatoms. The van der Waals surface area contributed by atoms with Crippen LogP contribution in [0.3, 0.4) is 0 Å². The lowest BCUT2D eigenvalue weighted by Crippen LogP contribution is -2.53. The lowest BCUT2D eigenvalue weighted by Gasteiger charge is -2.30. The number of benzene rings is 1. The number of amides is 1. The van der Waals surface area contributed by atoms with Crippen molar-refractivity contribution >= 4 is 29.5 Å². The van der Waals surface area contributed by atoms with E-state index in [1.165, 1.54) is 11.8 Å². The van der Waals surface area contributed by atoms with Crippen molar-refractivity contribution < 1.29 is 19.7 Å². The van der Waals surface area contributed by atoms with Crippen LogP contribution in [0.1, 0.15) is 12.5 Å². The molecule has 2 atom stereocenters. The number of hydrogen-bond donors (Lipinski definition) is 3. The predicted molar refractivity (Wildman–Crippen MR) is 73.3 cm³/mol. The SMILES string of the molecule is CC1(c2ccc(Cl)cc2)OC(CO)(NC(=O)O)CS1. The van der Waals surface area contributed by atoms with Gasteiger partial charge in [0, 0.05) is 10.8 Å². The van der Waals surface area contributed by atoms with Crippen LogP contribution < -0.4 is 5.32 Å². The normalized spacial score (nSPS) is 30.3. The van der Waals surface area contributed by atoms with Crippen LogP contribution in [0.25, 0.3) is 0 Å². The lowest BCUT2D eigenvalue weighted by atomic mass is 10.1. The highest BCUT2D eigenvalue weighted by molar-refractivity contribution is 8.00. The fourth-order valence-corrected chi connectivity index (χ4v) is 3.33. The van der Waals surface area contributed by atoms with Gasteiger partial charge < -0.3 is 14.9 Å². The Bertz CT molecular complexity index is 483. The molecule has 2 unspecified atom stereocenters. The second-order valence-electron chi connectivity index (χ2n) is 4.43. The van der Waals surface area contributed by atoms with E-state index in [1.807, 2.05) is 19.1 Å². The first-order valence-electron chi connectivity index (χ1n) is 5.61. The minimum Gasteiger partial charge on any atom is -0.465 e. The summed E-state index contributed by atoms with van der Waals surface area (Å²) in [7, 11) is 0. The molecule has 3 N–H and O–H groups in total. The average molecular weight is 304 g/mol. The van der Waals surface area contributed by atoms with E-state index >= 15 is 0 Å². The van der Waals surface area contributed by atoms with Crippen LogP contribution in [0.5, 0.6) is 0 Å². The molecule has 1 aliphatic heterocycles. The van der Waals surface area contributed by atoms with Crippen LogP contribution >= 0.6 is 23.4 Å². The van der Waals surface area contributed by atoms with E-state index in [1.54, 1.807) is 12.1 Å². The van der Waals surface area contributed by atoms with Crippen LogP contribution in [0.15, 0.2) is 24.3 Å². The monoisotopic (exact) mass is 303 g/mol. The van der Waals surface area contributed by atoms with E-state index in [0.29, 0.717) is 10.8 Å². The van der Waals surface area contributed by atoms with Crippen molar-refractivity contribution in [3.63, 3.8) is 0 Å². The van der Waals surface area contributed by atoms with Crippen LogP contribution in [0.4, 0.5) is 4.79 Å². The van der Waals surface area contributed by atoms with Gasteiger partial charge in [-0.15, -0.1) is 11.8 Å². The quantitative estimate of drug-likeness (QED) is 0.798. The lowest BCUT2D eigenvalue weighted by molar-refractivity contribution is -0.117. The van der Waals surface area contributed by atoms with Crippen molar-refractivity contribution in [2.75, 3.05) is 12.4 Å². The Balaban J connectivity index is 2.23. The maximum atomic E-state index is 10.8. The molecule has 0 bridgehead atoms. The summed E-state index contributed by atoms with van der Waals surface area (Å²) in [5.74, 6) is 0.328. The smallest absolute Gasteiger partial charge is 0.407 e. The first-order valence-corrected chi connectivity index (χ1v) is 6.98. The molecule has 2 rings (SSSR count). The predicted octanol–water partition coefficient (Wildman–Crippen LogP) is 2.23. The van der Waals surface area contributed by atoms with Crippen molar-refractivity contribution in [2.45, 2.75) is 17.6 Å². The van der Waals surface area contributed by atoms with Gasteiger partial charge in [0.05, 0.1) is 6.61 Å². The average Bonchev–Trinajstić information content (AvgIpc) is 2.69. The molecule has 5 nitrogen and oxygen atoms in total. The van der Waals surface area contributed by atoms with Gasteiger partial charge >= 0.3 is 6.09 Å². The largest absolute Gasteiger partial charge is 0.465 e. The molecule has 1 heterocycles. The van der Waals surface area contributed by atoms with Gasteiger partial charge in [-0.05, 0) is 24.6 Å². The fourth-order valence-electron chi connectivity index (χ4n) is 1.95. The molecule has 104 valence electrons. The summed E-state index contributed by atoms with van der Waals surface area (Å²) in [4.78, 5) is 10.1. The molecule has 0 spiro atoms. The Kier molecular flexibility index (Phi) is 3.96. The topological polar surface area (TPSA) is 78.8 Å². The minimum absolute atomic E-state index is 0.328. The van der Waals surface area contributed by atoms with Crippen LogP contribution in [0.2, 0.25) is 5.02 Å². The molecule has 1 saturated heterocycles. The molecule has 1 fully saturated rings. The molecule has 0 aromatic heterocycles. The molecular weight excluding hydrogens is 290 g/mol. The van der Waals surface area contributed by atoms with E-state index in [0.717, 1.165) is 5.56 Å². The second kappa shape index (κ2) is 5.20. The Hall–Kier alpha value is -0.950. The number of thioether (sulfide) groups is 1. The number of carboxylic acid groups (broad SMARTS) is 1. The molecule has 0 aliphatic carbocycles.